The molecule has 1 aromatic carbocycles. The Balaban J connectivity index is 1.43. The van der Waals surface area contributed by atoms with Gasteiger partial charge in [-0.3, -0.25) is 24.6 Å². The van der Waals surface area contributed by atoms with E-state index in [4.69, 9.17) is 5.73 Å². The number of carbonyl (C=O) groups excluding carboxylic acids is 3. The van der Waals surface area contributed by atoms with Crippen LogP contribution in [-0.4, -0.2) is 77.7 Å². The van der Waals surface area contributed by atoms with Gasteiger partial charge in [0.2, 0.25) is 11.8 Å². The van der Waals surface area contributed by atoms with Crippen LogP contribution >= 0.6 is 0 Å². The standard InChI is InChI=1S/C21H29N5O3/c22-7-2-8-24-9-11-25(12-10-24)13-15-3-1-4-16-14-26(21(29)19(15)16)17-5-6-18(27)23-20(17)28/h1,3-4,17H,2,5-14,22H2,(H,23,27,28). The first-order valence-corrected chi connectivity index (χ1v) is 10.5. The van der Waals surface area contributed by atoms with Crippen molar-refractivity contribution in [2.45, 2.75) is 38.4 Å². The highest BCUT2D eigenvalue weighted by Crippen LogP contribution is 2.30. The number of nitrogens with two attached hydrogens (primary N) is 1. The third kappa shape index (κ3) is 4.19. The Bertz CT molecular complexity index is 804. The third-order valence-corrected chi connectivity index (χ3v) is 6.18. The molecule has 0 saturated carbocycles. The Kier molecular flexibility index (Phi) is 5.94. The normalized spacial score (nSPS) is 23.4. The van der Waals surface area contributed by atoms with Crippen LogP contribution in [0.25, 0.3) is 0 Å². The largest absolute Gasteiger partial charge is 0.330 e. The molecule has 1 unspecified atom stereocenters. The van der Waals surface area contributed by atoms with Crippen molar-refractivity contribution in [2.75, 3.05) is 39.3 Å². The molecule has 0 aromatic heterocycles. The molecule has 0 radical (unpaired) electrons. The average molecular weight is 399 g/mol. The fraction of sp³-hybridized carbons (Fsp3) is 0.571. The number of carbonyl (C=O) groups is 3. The van der Waals surface area contributed by atoms with E-state index in [1.807, 2.05) is 18.2 Å². The first-order chi connectivity index (χ1) is 14.1. The summed E-state index contributed by atoms with van der Waals surface area (Å²) in [5, 5.41) is 2.36. The second kappa shape index (κ2) is 8.61. The van der Waals surface area contributed by atoms with Gasteiger partial charge in [-0.15, -0.1) is 0 Å². The van der Waals surface area contributed by atoms with Crippen molar-refractivity contribution in [3.05, 3.63) is 34.9 Å². The molecule has 0 aliphatic carbocycles. The maximum absolute atomic E-state index is 13.2. The van der Waals surface area contributed by atoms with E-state index in [0.717, 1.165) is 68.9 Å². The van der Waals surface area contributed by atoms with Gasteiger partial charge in [0.15, 0.2) is 0 Å². The number of hydrogen-bond donors (Lipinski definition) is 2. The summed E-state index contributed by atoms with van der Waals surface area (Å²) in [7, 11) is 0. The molecular weight excluding hydrogens is 370 g/mol. The molecule has 1 atom stereocenters. The fourth-order valence-electron chi connectivity index (χ4n) is 4.55. The van der Waals surface area contributed by atoms with Gasteiger partial charge >= 0.3 is 0 Å². The van der Waals surface area contributed by atoms with Crippen LogP contribution in [0.1, 0.15) is 40.7 Å². The van der Waals surface area contributed by atoms with Crippen molar-refractivity contribution in [3.8, 4) is 0 Å². The molecule has 8 nitrogen and oxygen atoms in total. The third-order valence-electron chi connectivity index (χ3n) is 6.18. The lowest BCUT2D eigenvalue weighted by Gasteiger charge is -2.35. The molecule has 0 bridgehead atoms. The molecule has 29 heavy (non-hydrogen) atoms. The molecule has 156 valence electrons. The van der Waals surface area contributed by atoms with E-state index in [0.29, 0.717) is 13.0 Å². The van der Waals surface area contributed by atoms with E-state index in [9.17, 15) is 14.4 Å². The Morgan fingerprint density at radius 1 is 1.07 bits per heavy atom. The summed E-state index contributed by atoms with van der Waals surface area (Å²) >= 11 is 0. The van der Waals surface area contributed by atoms with Crippen LogP contribution in [0.15, 0.2) is 18.2 Å². The van der Waals surface area contributed by atoms with Crippen LogP contribution in [0.4, 0.5) is 0 Å². The summed E-state index contributed by atoms with van der Waals surface area (Å²) in [6, 6.07) is 5.41. The molecule has 3 aliphatic rings. The molecule has 0 spiro atoms. The van der Waals surface area contributed by atoms with E-state index in [-0.39, 0.29) is 24.1 Å². The van der Waals surface area contributed by atoms with Crippen molar-refractivity contribution < 1.29 is 14.4 Å². The summed E-state index contributed by atoms with van der Waals surface area (Å²) < 4.78 is 0. The predicted octanol–water partition coefficient (Wildman–Crippen LogP) is -0.0860. The van der Waals surface area contributed by atoms with Gasteiger partial charge < -0.3 is 15.5 Å². The number of nitrogens with one attached hydrogen (secondary N) is 1. The molecule has 3 aliphatic heterocycles. The van der Waals surface area contributed by atoms with E-state index >= 15 is 0 Å². The molecule has 1 aromatic rings. The maximum atomic E-state index is 13.2. The second-order valence-electron chi connectivity index (χ2n) is 8.11. The van der Waals surface area contributed by atoms with Crippen molar-refractivity contribution in [1.82, 2.24) is 20.0 Å². The fourth-order valence-corrected chi connectivity index (χ4v) is 4.55. The lowest BCUT2D eigenvalue weighted by Crippen LogP contribution is -2.52. The summed E-state index contributed by atoms with van der Waals surface area (Å²) in [6.45, 7) is 6.92. The highest BCUT2D eigenvalue weighted by Gasteiger charge is 2.40. The van der Waals surface area contributed by atoms with E-state index in [1.165, 1.54) is 0 Å². The summed E-state index contributed by atoms with van der Waals surface area (Å²) in [4.78, 5) is 43.3. The first-order valence-electron chi connectivity index (χ1n) is 10.5. The quantitative estimate of drug-likeness (QED) is 0.649. The van der Waals surface area contributed by atoms with Crippen LogP contribution in [0.5, 0.6) is 0 Å². The number of amides is 3. The Morgan fingerprint density at radius 3 is 2.55 bits per heavy atom. The van der Waals surface area contributed by atoms with Gasteiger partial charge in [-0.25, -0.2) is 0 Å². The number of hydrogen-bond acceptors (Lipinski definition) is 6. The van der Waals surface area contributed by atoms with E-state index < -0.39 is 6.04 Å². The minimum Gasteiger partial charge on any atom is -0.330 e. The average Bonchev–Trinajstić information content (AvgIpc) is 3.05. The van der Waals surface area contributed by atoms with E-state index in [1.54, 1.807) is 4.90 Å². The molecular formula is C21H29N5O3. The van der Waals surface area contributed by atoms with Gasteiger partial charge in [-0.1, -0.05) is 18.2 Å². The molecule has 4 rings (SSSR count). The number of rotatable bonds is 6. The molecule has 2 saturated heterocycles. The topological polar surface area (TPSA) is 99.0 Å². The Morgan fingerprint density at radius 2 is 1.83 bits per heavy atom. The van der Waals surface area contributed by atoms with Gasteiger partial charge in [0.05, 0.1) is 0 Å². The lowest BCUT2D eigenvalue weighted by molar-refractivity contribution is -0.136. The van der Waals surface area contributed by atoms with Crippen molar-refractivity contribution >= 4 is 17.7 Å². The van der Waals surface area contributed by atoms with Crippen LogP contribution in [0.3, 0.4) is 0 Å². The smallest absolute Gasteiger partial charge is 0.255 e. The summed E-state index contributed by atoms with van der Waals surface area (Å²) in [5.41, 5.74) is 8.34. The molecule has 3 heterocycles. The minimum absolute atomic E-state index is 0.0910. The molecule has 3 amide bonds. The van der Waals surface area contributed by atoms with Gasteiger partial charge in [0.25, 0.3) is 5.91 Å². The highest BCUT2D eigenvalue weighted by molar-refractivity contribution is 6.05. The number of benzene rings is 1. The summed E-state index contributed by atoms with van der Waals surface area (Å²) in [5.74, 6) is -0.717. The van der Waals surface area contributed by atoms with Crippen LogP contribution in [0, 0.1) is 0 Å². The molecule has 3 N–H and O–H groups in total. The summed E-state index contributed by atoms with van der Waals surface area (Å²) in [6.07, 6.45) is 1.69. The minimum atomic E-state index is -0.563. The van der Waals surface area contributed by atoms with Crippen molar-refractivity contribution in [1.29, 1.82) is 0 Å². The maximum Gasteiger partial charge on any atom is 0.255 e. The molecule has 8 heteroatoms. The van der Waals surface area contributed by atoms with Crippen LogP contribution in [0.2, 0.25) is 0 Å². The van der Waals surface area contributed by atoms with Crippen molar-refractivity contribution in [2.24, 2.45) is 5.73 Å². The van der Waals surface area contributed by atoms with Crippen molar-refractivity contribution in [3.63, 3.8) is 0 Å². The second-order valence-corrected chi connectivity index (χ2v) is 8.11. The SMILES string of the molecule is NCCCN1CCN(Cc2cccc3c2C(=O)N(C2CCC(=O)NC2=O)C3)CC1. The highest BCUT2D eigenvalue weighted by atomic mass is 16.2. The van der Waals surface area contributed by atoms with Gasteiger partial charge in [-0.2, -0.15) is 0 Å². The number of imide groups is 1. The number of nitrogens with zero attached hydrogens (tertiary/aromatic N) is 3. The number of piperazine rings is 1. The Hall–Kier alpha value is -2.29. The first kappa shape index (κ1) is 20.0. The number of piperidine rings is 1. The lowest BCUT2D eigenvalue weighted by atomic mass is 10.0. The zero-order valence-electron chi connectivity index (χ0n) is 16.7. The Labute approximate surface area is 171 Å². The number of fused-ring (bicyclic) bond motifs is 1. The van der Waals surface area contributed by atoms with Crippen LogP contribution < -0.4 is 11.1 Å². The van der Waals surface area contributed by atoms with Gasteiger partial charge in [-0.05, 0) is 37.1 Å². The predicted molar refractivity (Wildman–Crippen MR) is 108 cm³/mol. The van der Waals surface area contributed by atoms with Crippen LogP contribution in [-0.2, 0) is 22.7 Å². The van der Waals surface area contributed by atoms with E-state index in [2.05, 4.69) is 15.1 Å². The van der Waals surface area contributed by atoms with Gasteiger partial charge in [0, 0.05) is 51.3 Å². The zero-order valence-corrected chi connectivity index (χ0v) is 16.7. The monoisotopic (exact) mass is 399 g/mol. The van der Waals surface area contributed by atoms with Gasteiger partial charge in [0.1, 0.15) is 6.04 Å². The zero-order chi connectivity index (χ0) is 20.4. The molecule has 2 fully saturated rings.